The number of carbonyl (C=O) groups excluding carboxylic acids is 1. The molecule has 106 valence electrons. The predicted molar refractivity (Wildman–Crippen MR) is 81.3 cm³/mol. The van der Waals surface area contributed by atoms with Gasteiger partial charge in [0.05, 0.1) is 0 Å². The highest BCUT2D eigenvalue weighted by molar-refractivity contribution is 6.31. The van der Waals surface area contributed by atoms with Gasteiger partial charge in [-0.15, -0.1) is 0 Å². The number of hydrogen-bond donors (Lipinski definition) is 0. The molecule has 1 aromatic carbocycles. The standard InChI is InChI=1S/C17H19ClO2/c1-17(2)8-4-3-5-13(17)16(19)15-10-11-9-12(18)6-7-14(11)20-15/h6-7,9-10,13H,3-5,8H2,1-2H3. The smallest absolute Gasteiger partial charge is 0.201 e. The monoisotopic (exact) mass is 290 g/mol. The lowest BCUT2D eigenvalue weighted by molar-refractivity contribution is 0.0670. The van der Waals surface area contributed by atoms with Gasteiger partial charge in [-0.25, -0.2) is 0 Å². The molecule has 0 spiro atoms. The second-order valence-corrected chi connectivity index (χ2v) is 6.88. The van der Waals surface area contributed by atoms with Gasteiger partial charge in [0.25, 0.3) is 0 Å². The Hall–Kier alpha value is -1.28. The molecule has 20 heavy (non-hydrogen) atoms. The Balaban J connectivity index is 1.95. The molecule has 2 aromatic rings. The fourth-order valence-corrected chi connectivity index (χ4v) is 3.47. The summed E-state index contributed by atoms with van der Waals surface area (Å²) >= 11 is 5.97. The molecule has 0 aliphatic heterocycles. The van der Waals surface area contributed by atoms with Crippen molar-refractivity contribution < 1.29 is 9.21 Å². The summed E-state index contributed by atoms with van der Waals surface area (Å²) in [7, 11) is 0. The van der Waals surface area contributed by atoms with Crippen LogP contribution in [0, 0.1) is 11.3 Å². The summed E-state index contributed by atoms with van der Waals surface area (Å²) in [6, 6.07) is 7.27. The minimum atomic E-state index is 0.0615. The predicted octanol–water partition coefficient (Wildman–Crippen LogP) is 5.49. The number of halogens is 1. The van der Waals surface area contributed by atoms with Crippen molar-refractivity contribution in [3.05, 3.63) is 35.0 Å². The third-order valence-electron chi connectivity index (χ3n) is 4.54. The van der Waals surface area contributed by atoms with Gasteiger partial charge in [0, 0.05) is 16.3 Å². The van der Waals surface area contributed by atoms with Crippen LogP contribution in [0.15, 0.2) is 28.7 Å². The number of carbonyl (C=O) groups is 1. The van der Waals surface area contributed by atoms with E-state index in [0.29, 0.717) is 10.8 Å². The van der Waals surface area contributed by atoms with E-state index >= 15 is 0 Å². The Morgan fingerprint density at radius 2 is 2.10 bits per heavy atom. The Kier molecular flexibility index (Phi) is 3.37. The molecule has 1 unspecified atom stereocenters. The van der Waals surface area contributed by atoms with Crippen molar-refractivity contribution in [2.45, 2.75) is 39.5 Å². The van der Waals surface area contributed by atoms with Crippen molar-refractivity contribution in [2.75, 3.05) is 0 Å². The Bertz CT molecular complexity index is 654. The molecular weight excluding hydrogens is 272 g/mol. The molecule has 3 heteroatoms. The van der Waals surface area contributed by atoms with Crippen LogP contribution in [-0.4, -0.2) is 5.78 Å². The zero-order valence-corrected chi connectivity index (χ0v) is 12.7. The lowest BCUT2D eigenvalue weighted by Crippen LogP contribution is -2.33. The quantitative estimate of drug-likeness (QED) is 0.685. The van der Waals surface area contributed by atoms with Crippen molar-refractivity contribution in [3.8, 4) is 0 Å². The first-order valence-electron chi connectivity index (χ1n) is 7.21. The van der Waals surface area contributed by atoms with Crippen molar-refractivity contribution in [3.63, 3.8) is 0 Å². The van der Waals surface area contributed by atoms with Gasteiger partial charge in [-0.1, -0.05) is 38.3 Å². The number of rotatable bonds is 2. The van der Waals surface area contributed by atoms with E-state index in [-0.39, 0.29) is 17.1 Å². The maximum Gasteiger partial charge on any atom is 0.201 e. The average molecular weight is 291 g/mol. The summed E-state index contributed by atoms with van der Waals surface area (Å²) in [5.74, 6) is 0.677. The second-order valence-electron chi connectivity index (χ2n) is 6.44. The lowest BCUT2D eigenvalue weighted by atomic mass is 9.67. The van der Waals surface area contributed by atoms with Crippen LogP contribution in [-0.2, 0) is 0 Å². The van der Waals surface area contributed by atoms with Crippen molar-refractivity contribution in [1.82, 2.24) is 0 Å². The number of fused-ring (bicyclic) bond motifs is 1. The largest absolute Gasteiger partial charge is 0.453 e. The zero-order chi connectivity index (χ0) is 14.3. The number of furan rings is 1. The van der Waals surface area contributed by atoms with Gasteiger partial charge >= 0.3 is 0 Å². The van der Waals surface area contributed by atoms with Crippen molar-refractivity contribution >= 4 is 28.4 Å². The summed E-state index contributed by atoms with van der Waals surface area (Å²) in [5, 5.41) is 1.56. The molecule has 1 fully saturated rings. The molecule has 1 aromatic heterocycles. The number of hydrogen-bond acceptors (Lipinski definition) is 2. The molecule has 0 radical (unpaired) electrons. The SMILES string of the molecule is CC1(C)CCCCC1C(=O)c1cc2cc(Cl)ccc2o1. The van der Waals surface area contributed by atoms with E-state index in [2.05, 4.69) is 13.8 Å². The van der Waals surface area contributed by atoms with Crippen LogP contribution in [0.5, 0.6) is 0 Å². The van der Waals surface area contributed by atoms with Gasteiger partial charge < -0.3 is 4.42 Å². The van der Waals surface area contributed by atoms with Gasteiger partial charge in [-0.2, -0.15) is 0 Å². The normalized spacial score (nSPS) is 22.1. The molecule has 0 N–H and O–H groups in total. The molecule has 0 bridgehead atoms. The van der Waals surface area contributed by atoms with Crippen molar-refractivity contribution in [2.24, 2.45) is 11.3 Å². The Morgan fingerprint density at radius 3 is 2.85 bits per heavy atom. The summed E-state index contributed by atoms with van der Waals surface area (Å²) in [4.78, 5) is 12.7. The minimum Gasteiger partial charge on any atom is -0.453 e. The molecule has 1 saturated carbocycles. The molecule has 1 heterocycles. The van der Waals surface area contributed by atoms with Gasteiger partial charge in [0.1, 0.15) is 5.58 Å². The van der Waals surface area contributed by atoms with E-state index in [1.54, 1.807) is 6.07 Å². The average Bonchev–Trinajstić information content (AvgIpc) is 2.80. The van der Waals surface area contributed by atoms with E-state index in [4.69, 9.17) is 16.0 Å². The van der Waals surface area contributed by atoms with E-state index in [0.717, 1.165) is 30.2 Å². The second kappa shape index (κ2) is 4.92. The minimum absolute atomic E-state index is 0.0615. The first kappa shape index (κ1) is 13.7. The zero-order valence-electron chi connectivity index (χ0n) is 11.9. The summed E-state index contributed by atoms with van der Waals surface area (Å²) < 4.78 is 5.72. The van der Waals surface area contributed by atoms with E-state index < -0.39 is 0 Å². The molecule has 1 atom stereocenters. The third-order valence-corrected chi connectivity index (χ3v) is 4.78. The van der Waals surface area contributed by atoms with Gasteiger partial charge in [0.2, 0.25) is 5.78 Å². The van der Waals surface area contributed by atoms with E-state index in [1.807, 2.05) is 18.2 Å². The first-order chi connectivity index (χ1) is 9.47. The highest BCUT2D eigenvalue weighted by Crippen LogP contribution is 2.42. The first-order valence-corrected chi connectivity index (χ1v) is 7.58. The Morgan fingerprint density at radius 1 is 1.30 bits per heavy atom. The maximum atomic E-state index is 12.7. The van der Waals surface area contributed by atoms with Crippen LogP contribution >= 0.6 is 11.6 Å². The number of Topliss-reactive ketones (excluding diaryl/α,β-unsaturated/α-hetero) is 1. The Labute approximate surface area is 124 Å². The highest BCUT2D eigenvalue weighted by atomic mass is 35.5. The van der Waals surface area contributed by atoms with Crippen molar-refractivity contribution in [1.29, 1.82) is 0 Å². The number of ketones is 1. The molecular formula is C17H19ClO2. The van der Waals surface area contributed by atoms with Crippen LogP contribution in [0.25, 0.3) is 11.0 Å². The fourth-order valence-electron chi connectivity index (χ4n) is 3.29. The van der Waals surface area contributed by atoms with Crippen LogP contribution in [0.1, 0.15) is 50.1 Å². The van der Waals surface area contributed by atoms with E-state index in [1.165, 1.54) is 6.42 Å². The molecule has 2 nitrogen and oxygen atoms in total. The fraction of sp³-hybridized carbons (Fsp3) is 0.471. The van der Waals surface area contributed by atoms with Crippen LogP contribution in [0.2, 0.25) is 5.02 Å². The molecule has 3 rings (SSSR count). The van der Waals surface area contributed by atoms with Gasteiger partial charge in [0.15, 0.2) is 5.76 Å². The molecule has 0 saturated heterocycles. The van der Waals surface area contributed by atoms with Crippen LogP contribution < -0.4 is 0 Å². The number of benzene rings is 1. The molecule has 1 aliphatic rings. The lowest BCUT2D eigenvalue weighted by Gasteiger charge is -2.37. The summed E-state index contributed by atoms with van der Waals surface area (Å²) in [6.45, 7) is 4.38. The van der Waals surface area contributed by atoms with E-state index in [9.17, 15) is 4.79 Å². The maximum absolute atomic E-state index is 12.7. The van der Waals surface area contributed by atoms with Gasteiger partial charge in [-0.05, 0) is 42.5 Å². The summed E-state index contributed by atoms with van der Waals surface area (Å²) in [6.07, 6.45) is 4.41. The topological polar surface area (TPSA) is 30.2 Å². The highest BCUT2D eigenvalue weighted by Gasteiger charge is 2.38. The summed E-state index contributed by atoms with van der Waals surface area (Å²) in [5.41, 5.74) is 0.790. The molecule has 0 amide bonds. The third kappa shape index (κ3) is 2.37. The molecule has 1 aliphatic carbocycles. The van der Waals surface area contributed by atoms with Gasteiger partial charge in [-0.3, -0.25) is 4.79 Å². The van der Waals surface area contributed by atoms with Crippen LogP contribution in [0.4, 0.5) is 0 Å². The van der Waals surface area contributed by atoms with Crippen LogP contribution in [0.3, 0.4) is 0 Å².